The van der Waals surface area contributed by atoms with Crippen molar-refractivity contribution in [1.82, 2.24) is 9.79 Å². The standard InChI is InChI=1S/C30H40N2O9S/c1-37-22-12-14-24(15-13-22)42(35,36)32(41-23-10-6-3-7-11-23)19-27(33)26(18-21-8-4-2-5-9-21)31-30(34)40-28-20-39-29-25(28)16-17-38-29/h2,4-5,8-9,12-15,23,25-29,33H,3,6-7,10-11,16-20H2,1H3,(H,31,34)/t25-,26?,27-,28-,29+/m0/s1. The molecule has 0 aromatic heterocycles. The van der Waals surface area contributed by atoms with Gasteiger partial charge in [0, 0.05) is 0 Å². The molecule has 5 atom stereocenters. The molecular formula is C30H40N2O9S. The zero-order valence-corrected chi connectivity index (χ0v) is 24.6. The molecule has 2 heterocycles. The van der Waals surface area contributed by atoms with E-state index >= 15 is 0 Å². The van der Waals surface area contributed by atoms with Crippen molar-refractivity contribution in [2.75, 3.05) is 26.9 Å². The third-order valence-corrected chi connectivity index (χ3v) is 9.73. The number of methoxy groups -OCH3 is 1. The topological polar surface area (TPSA) is 133 Å². The van der Waals surface area contributed by atoms with E-state index in [1.807, 2.05) is 30.3 Å². The summed E-state index contributed by atoms with van der Waals surface area (Å²) >= 11 is 0. The highest BCUT2D eigenvalue weighted by atomic mass is 32.2. The number of amides is 1. The lowest BCUT2D eigenvalue weighted by Crippen LogP contribution is -2.51. The lowest BCUT2D eigenvalue weighted by Gasteiger charge is -2.32. The van der Waals surface area contributed by atoms with Gasteiger partial charge in [-0.2, -0.15) is 0 Å². The number of nitrogens with one attached hydrogen (secondary N) is 1. The van der Waals surface area contributed by atoms with Crippen LogP contribution in [0.4, 0.5) is 4.79 Å². The van der Waals surface area contributed by atoms with Gasteiger partial charge in [-0.25, -0.2) is 13.2 Å². The van der Waals surface area contributed by atoms with Crippen LogP contribution in [0.1, 0.15) is 44.1 Å². The van der Waals surface area contributed by atoms with E-state index in [0.717, 1.165) is 48.6 Å². The minimum Gasteiger partial charge on any atom is -0.497 e. The molecule has 1 amide bonds. The molecule has 2 saturated heterocycles. The number of sulfonamides is 1. The number of fused-ring (bicyclic) bond motifs is 1. The van der Waals surface area contributed by atoms with Crippen LogP contribution in [0.2, 0.25) is 0 Å². The summed E-state index contributed by atoms with van der Waals surface area (Å²) in [5.41, 5.74) is 0.855. The number of hydrogen-bond donors (Lipinski definition) is 2. The molecule has 2 aromatic carbocycles. The van der Waals surface area contributed by atoms with E-state index < -0.39 is 40.9 Å². The molecular weight excluding hydrogens is 564 g/mol. The molecule has 1 aliphatic carbocycles. The van der Waals surface area contributed by atoms with Crippen molar-refractivity contribution in [1.29, 1.82) is 0 Å². The van der Waals surface area contributed by atoms with Crippen LogP contribution in [0.15, 0.2) is 59.5 Å². The summed E-state index contributed by atoms with van der Waals surface area (Å²) in [5, 5.41) is 14.3. The van der Waals surface area contributed by atoms with Crippen molar-refractivity contribution in [2.45, 2.75) is 80.5 Å². The van der Waals surface area contributed by atoms with Gasteiger partial charge in [0.05, 0.1) is 55.9 Å². The fourth-order valence-electron chi connectivity index (χ4n) is 5.70. The van der Waals surface area contributed by atoms with Gasteiger partial charge in [-0.15, -0.1) is 0 Å². The van der Waals surface area contributed by atoms with E-state index in [2.05, 4.69) is 5.32 Å². The Morgan fingerprint density at radius 1 is 1.05 bits per heavy atom. The Hall–Kier alpha value is -2.74. The van der Waals surface area contributed by atoms with Gasteiger partial charge >= 0.3 is 6.09 Å². The fourth-order valence-corrected chi connectivity index (χ4v) is 7.00. The van der Waals surface area contributed by atoms with Crippen molar-refractivity contribution in [2.24, 2.45) is 5.92 Å². The average molecular weight is 605 g/mol. The second kappa shape index (κ2) is 14.2. The van der Waals surface area contributed by atoms with E-state index in [1.54, 1.807) is 12.1 Å². The van der Waals surface area contributed by atoms with Crippen LogP contribution >= 0.6 is 0 Å². The number of carbonyl (C=O) groups is 1. The maximum absolute atomic E-state index is 13.8. The molecule has 1 saturated carbocycles. The zero-order valence-electron chi connectivity index (χ0n) is 23.8. The number of nitrogens with zero attached hydrogens (tertiary/aromatic N) is 1. The third-order valence-electron chi connectivity index (χ3n) is 8.09. The Bertz CT molecular complexity index is 1260. The molecule has 3 fully saturated rings. The van der Waals surface area contributed by atoms with E-state index in [4.69, 9.17) is 23.8 Å². The third kappa shape index (κ3) is 7.61. The van der Waals surface area contributed by atoms with Crippen LogP contribution in [-0.2, 0) is 35.5 Å². The van der Waals surface area contributed by atoms with Crippen LogP contribution < -0.4 is 10.1 Å². The Morgan fingerprint density at radius 2 is 1.79 bits per heavy atom. The number of hydroxylamine groups is 1. The highest BCUT2D eigenvalue weighted by Crippen LogP contribution is 2.33. The van der Waals surface area contributed by atoms with E-state index in [9.17, 15) is 18.3 Å². The smallest absolute Gasteiger partial charge is 0.407 e. The molecule has 3 aliphatic rings. The van der Waals surface area contributed by atoms with Gasteiger partial charge in [0.25, 0.3) is 10.0 Å². The zero-order chi connectivity index (χ0) is 29.5. The van der Waals surface area contributed by atoms with E-state index in [0.29, 0.717) is 12.4 Å². The summed E-state index contributed by atoms with van der Waals surface area (Å²) in [7, 11) is -2.66. The Labute approximate surface area is 247 Å². The highest BCUT2D eigenvalue weighted by Gasteiger charge is 2.44. The summed E-state index contributed by atoms with van der Waals surface area (Å²) in [6.45, 7) is 0.386. The van der Waals surface area contributed by atoms with Crippen molar-refractivity contribution in [3.05, 3.63) is 60.2 Å². The van der Waals surface area contributed by atoms with Gasteiger partial charge in [-0.1, -0.05) is 54.1 Å². The maximum atomic E-state index is 13.8. The Balaban J connectivity index is 1.34. The summed E-state index contributed by atoms with van der Waals surface area (Å²) in [6, 6.07) is 14.5. The quantitative estimate of drug-likeness (QED) is 0.350. The maximum Gasteiger partial charge on any atom is 0.407 e. The molecule has 2 aromatic rings. The van der Waals surface area contributed by atoms with Crippen LogP contribution in [0.3, 0.4) is 0 Å². The first kappa shape index (κ1) is 30.7. The normalized spacial score (nSPS) is 24.2. The predicted octanol–water partition coefficient (Wildman–Crippen LogP) is 3.41. The van der Waals surface area contributed by atoms with Crippen molar-refractivity contribution in [3.8, 4) is 5.75 Å². The largest absolute Gasteiger partial charge is 0.497 e. The van der Waals surface area contributed by atoms with Gasteiger partial charge in [0.2, 0.25) is 0 Å². The first-order valence-corrected chi connectivity index (χ1v) is 16.0. The molecule has 2 aliphatic heterocycles. The summed E-state index contributed by atoms with van der Waals surface area (Å²) in [5.74, 6) is 0.477. The average Bonchev–Trinajstić information content (AvgIpc) is 3.63. The number of carbonyl (C=O) groups excluding carboxylic acids is 1. The molecule has 5 rings (SSSR count). The van der Waals surface area contributed by atoms with Crippen LogP contribution in [0.5, 0.6) is 5.75 Å². The highest BCUT2D eigenvalue weighted by molar-refractivity contribution is 7.89. The number of benzene rings is 2. The number of ether oxygens (including phenoxy) is 4. The van der Waals surface area contributed by atoms with Crippen molar-refractivity contribution >= 4 is 16.1 Å². The van der Waals surface area contributed by atoms with Gasteiger partial charge < -0.3 is 29.4 Å². The van der Waals surface area contributed by atoms with Gasteiger partial charge in [-0.3, -0.25) is 4.84 Å². The van der Waals surface area contributed by atoms with Gasteiger partial charge in [0.1, 0.15) is 11.9 Å². The number of hydrogen-bond acceptors (Lipinski definition) is 9. The summed E-state index contributed by atoms with van der Waals surface area (Å²) in [6.07, 6.45) is 2.18. The molecule has 0 spiro atoms. The van der Waals surface area contributed by atoms with Crippen LogP contribution in [-0.4, -0.2) is 81.6 Å². The molecule has 2 N–H and O–H groups in total. The first-order valence-electron chi connectivity index (χ1n) is 14.6. The summed E-state index contributed by atoms with van der Waals surface area (Å²) in [4.78, 5) is 19.1. The van der Waals surface area contributed by atoms with Crippen molar-refractivity contribution < 1.29 is 42.1 Å². The van der Waals surface area contributed by atoms with Crippen LogP contribution in [0, 0.1) is 5.92 Å². The fraction of sp³-hybridized carbons (Fsp3) is 0.567. The van der Waals surface area contributed by atoms with Gasteiger partial charge in [-0.05, 0) is 55.5 Å². The number of rotatable bonds is 12. The minimum absolute atomic E-state index is 0.00728. The Kier molecular flexibility index (Phi) is 10.3. The minimum atomic E-state index is -4.16. The van der Waals surface area contributed by atoms with E-state index in [-0.39, 0.29) is 36.2 Å². The molecule has 11 nitrogen and oxygen atoms in total. The van der Waals surface area contributed by atoms with Gasteiger partial charge in [0.15, 0.2) is 6.29 Å². The molecule has 12 heteroatoms. The second-order valence-corrected chi connectivity index (χ2v) is 12.8. The molecule has 1 unspecified atom stereocenters. The van der Waals surface area contributed by atoms with Crippen LogP contribution in [0.25, 0.3) is 0 Å². The molecule has 0 bridgehead atoms. The predicted molar refractivity (Wildman–Crippen MR) is 152 cm³/mol. The second-order valence-electron chi connectivity index (χ2n) is 11.0. The number of aliphatic hydroxyl groups is 1. The molecule has 42 heavy (non-hydrogen) atoms. The molecule has 0 radical (unpaired) electrons. The van der Waals surface area contributed by atoms with Crippen molar-refractivity contribution in [3.63, 3.8) is 0 Å². The summed E-state index contributed by atoms with van der Waals surface area (Å²) < 4.78 is 50.4. The Morgan fingerprint density at radius 3 is 2.50 bits per heavy atom. The number of alkyl carbamates (subject to hydrolysis) is 1. The SMILES string of the molecule is COc1ccc(S(=O)(=O)N(C[C@H](O)C(Cc2ccccc2)NC(=O)O[C@H]2CO[C@H]3OCC[C@H]32)OC2CCCCC2)cc1. The lowest BCUT2D eigenvalue weighted by molar-refractivity contribution is -0.156. The molecule has 230 valence electrons. The number of aliphatic hydroxyl groups excluding tert-OH is 1. The van der Waals surface area contributed by atoms with E-state index in [1.165, 1.54) is 19.2 Å². The first-order chi connectivity index (χ1) is 20.3. The monoisotopic (exact) mass is 604 g/mol. The lowest BCUT2D eigenvalue weighted by atomic mass is 9.98.